The number of nitrogens with one attached hydrogen (secondary N) is 1. The number of methoxy groups -OCH3 is 2. The van der Waals surface area contributed by atoms with Gasteiger partial charge in [0, 0.05) is 22.6 Å². The lowest BCUT2D eigenvalue weighted by Crippen LogP contribution is -2.17. The van der Waals surface area contributed by atoms with Crippen molar-refractivity contribution in [3.8, 4) is 11.5 Å². The molecule has 0 fully saturated rings. The van der Waals surface area contributed by atoms with Crippen molar-refractivity contribution in [2.45, 2.75) is 13.0 Å². The summed E-state index contributed by atoms with van der Waals surface area (Å²) in [4.78, 5) is 37.6. The Hall–Kier alpha value is -3.85. The van der Waals surface area contributed by atoms with E-state index in [4.69, 9.17) is 19.9 Å². The molecule has 0 spiro atoms. The minimum Gasteiger partial charge on any atom is -0.493 e. The first-order chi connectivity index (χ1) is 15.4. The molecule has 0 atom stereocenters. The first kappa shape index (κ1) is 22.8. The fourth-order valence-electron chi connectivity index (χ4n) is 2.96. The number of primary amides is 1. The van der Waals surface area contributed by atoms with Crippen LogP contribution in [0.25, 0.3) is 0 Å². The predicted octanol–water partition coefficient (Wildman–Crippen LogP) is 3.40. The van der Waals surface area contributed by atoms with Gasteiger partial charge in [-0.3, -0.25) is 9.59 Å². The number of hydrogen-bond donors (Lipinski definition) is 2. The summed E-state index contributed by atoms with van der Waals surface area (Å²) in [5.41, 5.74) is 6.54. The number of anilines is 1. The van der Waals surface area contributed by atoms with Gasteiger partial charge in [0.05, 0.1) is 31.9 Å². The highest BCUT2D eigenvalue weighted by Gasteiger charge is 2.20. The molecule has 1 aromatic heterocycles. The van der Waals surface area contributed by atoms with Crippen LogP contribution in [0.15, 0.2) is 53.9 Å². The second kappa shape index (κ2) is 10.5. The van der Waals surface area contributed by atoms with Gasteiger partial charge in [0.15, 0.2) is 11.5 Å². The summed E-state index contributed by atoms with van der Waals surface area (Å²) in [6.07, 6.45) is 0.167. The summed E-state index contributed by atoms with van der Waals surface area (Å²) in [6.45, 7) is -0.0864. The third kappa shape index (κ3) is 5.64. The van der Waals surface area contributed by atoms with Gasteiger partial charge in [-0.15, -0.1) is 11.3 Å². The topological polar surface area (TPSA) is 117 Å². The highest BCUT2D eigenvalue weighted by atomic mass is 32.1. The number of esters is 1. The zero-order chi connectivity index (χ0) is 23.1. The van der Waals surface area contributed by atoms with E-state index in [0.29, 0.717) is 22.6 Å². The largest absolute Gasteiger partial charge is 0.493 e. The van der Waals surface area contributed by atoms with Gasteiger partial charge in [0.25, 0.3) is 0 Å². The molecule has 166 valence electrons. The van der Waals surface area contributed by atoms with E-state index >= 15 is 0 Å². The van der Waals surface area contributed by atoms with Crippen molar-refractivity contribution in [1.29, 1.82) is 0 Å². The highest BCUT2D eigenvalue weighted by Crippen LogP contribution is 2.34. The average molecular weight is 455 g/mol. The minimum atomic E-state index is -0.679. The predicted molar refractivity (Wildman–Crippen MR) is 120 cm³/mol. The minimum absolute atomic E-state index is 0.0864. The van der Waals surface area contributed by atoms with Gasteiger partial charge in [0.1, 0.15) is 6.61 Å². The van der Waals surface area contributed by atoms with Gasteiger partial charge in [-0.05, 0) is 29.1 Å². The number of rotatable bonds is 9. The zero-order valence-corrected chi connectivity index (χ0v) is 18.4. The van der Waals surface area contributed by atoms with E-state index < -0.39 is 11.9 Å². The Kier molecular flexibility index (Phi) is 7.45. The Morgan fingerprint density at radius 3 is 2.41 bits per heavy atom. The number of carbonyl (C=O) groups is 3. The third-order valence-electron chi connectivity index (χ3n) is 4.51. The molecule has 0 aliphatic heterocycles. The maximum atomic E-state index is 12.9. The van der Waals surface area contributed by atoms with Crippen molar-refractivity contribution in [2.24, 2.45) is 5.73 Å². The Balaban J connectivity index is 1.82. The molecule has 3 aromatic rings. The van der Waals surface area contributed by atoms with Crippen LogP contribution >= 0.6 is 11.3 Å². The molecule has 2 amide bonds. The van der Waals surface area contributed by atoms with Gasteiger partial charge >= 0.3 is 5.97 Å². The van der Waals surface area contributed by atoms with E-state index in [0.717, 1.165) is 4.88 Å². The van der Waals surface area contributed by atoms with Crippen LogP contribution in [0.2, 0.25) is 0 Å². The lowest BCUT2D eigenvalue weighted by molar-refractivity contribution is -0.115. The van der Waals surface area contributed by atoms with E-state index in [1.165, 1.54) is 37.7 Å². The highest BCUT2D eigenvalue weighted by molar-refractivity contribution is 7.10. The van der Waals surface area contributed by atoms with E-state index in [9.17, 15) is 14.4 Å². The average Bonchev–Trinajstić information content (AvgIpc) is 3.30. The van der Waals surface area contributed by atoms with Crippen LogP contribution in [0.3, 0.4) is 0 Å². The number of benzene rings is 2. The second-order valence-corrected chi connectivity index (χ2v) is 7.73. The first-order valence-electron chi connectivity index (χ1n) is 9.55. The molecule has 2 aromatic carbocycles. The van der Waals surface area contributed by atoms with Crippen LogP contribution in [0.5, 0.6) is 11.5 Å². The van der Waals surface area contributed by atoms with E-state index in [1.54, 1.807) is 24.3 Å². The van der Waals surface area contributed by atoms with Crippen molar-refractivity contribution in [3.05, 3.63) is 75.5 Å². The van der Waals surface area contributed by atoms with Gasteiger partial charge in [-0.1, -0.05) is 18.2 Å². The standard InChI is InChI=1S/C23H22N2O6S/c1-29-19-11-17(23(28)31-13-14-5-3-6-15(9-14)22(24)27)18(12-20(19)30-2)25-21(26)10-16-7-4-8-32-16/h3-9,11-12H,10,13H2,1-2H3,(H2,24,27)(H,25,26). The van der Waals surface area contributed by atoms with Gasteiger partial charge in [-0.25, -0.2) is 4.79 Å². The van der Waals surface area contributed by atoms with Crippen LogP contribution in [-0.4, -0.2) is 32.0 Å². The summed E-state index contributed by atoms with van der Waals surface area (Å²) in [6, 6.07) is 13.1. The van der Waals surface area contributed by atoms with Crippen LogP contribution in [0, 0.1) is 0 Å². The number of nitrogens with two attached hydrogens (primary N) is 1. The summed E-state index contributed by atoms with van der Waals surface area (Å²) < 4.78 is 16.0. The molecule has 32 heavy (non-hydrogen) atoms. The van der Waals surface area contributed by atoms with Crippen molar-refractivity contribution < 1.29 is 28.6 Å². The number of carbonyl (C=O) groups excluding carboxylic acids is 3. The van der Waals surface area contributed by atoms with E-state index in [2.05, 4.69) is 5.32 Å². The molecule has 9 heteroatoms. The lowest BCUT2D eigenvalue weighted by atomic mass is 10.1. The molecule has 3 N–H and O–H groups in total. The number of amides is 2. The van der Waals surface area contributed by atoms with Crippen molar-refractivity contribution >= 4 is 34.8 Å². The molecule has 8 nitrogen and oxygen atoms in total. The maximum Gasteiger partial charge on any atom is 0.340 e. The van der Waals surface area contributed by atoms with Crippen LogP contribution in [0.1, 0.15) is 31.2 Å². The third-order valence-corrected chi connectivity index (χ3v) is 5.39. The SMILES string of the molecule is COc1cc(NC(=O)Cc2cccs2)c(C(=O)OCc2cccc(C(N)=O)c2)cc1OC. The summed E-state index contributed by atoms with van der Waals surface area (Å²) in [5.74, 6) is -0.880. The molecule has 0 radical (unpaired) electrons. The second-order valence-electron chi connectivity index (χ2n) is 6.70. The van der Waals surface area contributed by atoms with E-state index in [-0.39, 0.29) is 30.2 Å². The fourth-order valence-corrected chi connectivity index (χ4v) is 3.66. The van der Waals surface area contributed by atoms with Crippen molar-refractivity contribution in [2.75, 3.05) is 19.5 Å². The summed E-state index contributed by atoms with van der Waals surface area (Å²) in [5, 5.41) is 4.63. The molecular formula is C23H22N2O6S. The van der Waals surface area contributed by atoms with Crippen molar-refractivity contribution in [1.82, 2.24) is 0 Å². The number of hydrogen-bond acceptors (Lipinski definition) is 7. The fraction of sp³-hybridized carbons (Fsp3) is 0.174. The molecule has 0 bridgehead atoms. The first-order valence-corrected chi connectivity index (χ1v) is 10.4. The molecule has 0 aliphatic carbocycles. The normalized spacial score (nSPS) is 10.3. The lowest BCUT2D eigenvalue weighted by Gasteiger charge is -2.15. The smallest absolute Gasteiger partial charge is 0.340 e. The molecular weight excluding hydrogens is 432 g/mol. The summed E-state index contributed by atoms with van der Waals surface area (Å²) in [7, 11) is 2.90. The van der Waals surface area contributed by atoms with Crippen LogP contribution in [-0.2, 0) is 22.6 Å². The summed E-state index contributed by atoms with van der Waals surface area (Å²) >= 11 is 1.46. The quantitative estimate of drug-likeness (QED) is 0.479. The molecule has 0 saturated carbocycles. The Labute approximate surface area is 188 Å². The van der Waals surface area contributed by atoms with Crippen molar-refractivity contribution in [3.63, 3.8) is 0 Å². The van der Waals surface area contributed by atoms with Crippen LogP contribution in [0.4, 0.5) is 5.69 Å². The van der Waals surface area contributed by atoms with Gasteiger partial charge in [0.2, 0.25) is 11.8 Å². The number of ether oxygens (including phenoxy) is 3. The van der Waals surface area contributed by atoms with Crippen LogP contribution < -0.4 is 20.5 Å². The Morgan fingerprint density at radius 2 is 1.75 bits per heavy atom. The molecule has 1 heterocycles. The van der Waals surface area contributed by atoms with E-state index in [1.807, 2.05) is 17.5 Å². The Bertz CT molecular complexity index is 1130. The molecule has 0 aliphatic rings. The number of thiophene rings is 1. The monoisotopic (exact) mass is 454 g/mol. The van der Waals surface area contributed by atoms with Gasteiger partial charge < -0.3 is 25.3 Å². The van der Waals surface area contributed by atoms with Gasteiger partial charge in [-0.2, -0.15) is 0 Å². The molecule has 0 unspecified atom stereocenters. The zero-order valence-electron chi connectivity index (χ0n) is 17.5. The maximum absolute atomic E-state index is 12.9. The molecule has 3 rings (SSSR count). The molecule has 0 saturated heterocycles. The Morgan fingerprint density at radius 1 is 1.00 bits per heavy atom.